The second-order valence-electron chi connectivity index (χ2n) is 5.36. The van der Waals surface area contributed by atoms with Crippen LogP contribution in [-0.4, -0.2) is 35.9 Å². The van der Waals surface area contributed by atoms with Gasteiger partial charge in [0, 0.05) is 23.3 Å². The number of aryl methyl sites for hydroxylation is 1. The molecular weight excluding hydrogens is 296 g/mol. The van der Waals surface area contributed by atoms with Crippen molar-refractivity contribution in [3.05, 3.63) is 42.1 Å². The van der Waals surface area contributed by atoms with E-state index in [0.29, 0.717) is 17.0 Å². The number of aliphatic carboxylic acids is 1. The van der Waals surface area contributed by atoms with E-state index in [1.807, 2.05) is 19.1 Å². The van der Waals surface area contributed by atoms with Gasteiger partial charge in [-0.15, -0.1) is 0 Å². The molecule has 0 fully saturated rings. The van der Waals surface area contributed by atoms with Crippen molar-refractivity contribution in [2.24, 2.45) is 0 Å². The molecule has 118 valence electrons. The number of benzene rings is 1. The summed E-state index contributed by atoms with van der Waals surface area (Å²) in [6, 6.07) is 5.53. The second kappa shape index (κ2) is 5.77. The minimum Gasteiger partial charge on any atom is -0.480 e. The molecule has 0 saturated heterocycles. The minimum atomic E-state index is -0.984. The Morgan fingerprint density at radius 1 is 1.26 bits per heavy atom. The van der Waals surface area contributed by atoms with Crippen LogP contribution in [-0.2, 0) is 11.3 Å². The minimum absolute atomic E-state index is 0.254. The van der Waals surface area contributed by atoms with E-state index in [4.69, 9.17) is 5.11 Å². The summed E-state index contributed by atoms with van der Waals surface area (Å²) in [5, 5.41) is 23.9. The molecule has 1 unspecified atom stereocenters. The fourth-order valence-electron chi connectivity index (χ4n) is 2.48. The quantitative estimate of drug-likeness (QED) is 0.763. The van der Waals surface area contributed by atoms with E-state index >= 15 is 0 Å². The van der Waals surface area contributed by atoms with Crippen molar-refractivity contribution >= 4 is 16.9 Å². The predicted octanol–water partition coefficient (Wildman–Crippen LogP) is 1.94. The summed E-state index contributed by atoms with van der Waals surface area (Å²) in [6.45, 7) is 3.17. The molecule has 0 spiro atoms. The summed E-state index contributed by atoms with van der Waals surface area (Å²) < 4.78 is 1.38. The molecule has 23 heavy (non-hydrogen) atoms. The molecule has 0 aliphatic heterocycles. The SMILES string of the molecule is Cc1ncc(-c2ccc3c(c2)c(C(C)O)nn3CC(=O)O)cn1. The maximum Gasteiger partial charge on any atom is 0.325 e. The van der Waals surface area contributed by atoms with Crippen LogP contribution in [0.3, 0.4) is 0 Å². The third-order valence-electron chi connectivity index (χ3n) is 3.57. The Balaban J connectivity index is 2.16. The number of aliphatic hydroxyl groups excluding tert-OH is 1. The van der Waals surface area contributed by atoms with Crippen LogP contribution in [0.2, 0.25) is 0 Å². The fraction of sp³-hybridized carbons (Fsp3) is 0.250. The van der Waals surface area contributed by atoms with Gasteiger partial charge in [-0.3, -0.25) is 9.48 Å². The monoisotopic (exact) mass is 312 g/mol. The van der Waals surface area contributed by atoms with E-state index in [9.17, 15) is 9.90 Å². The molecule has 0 bridgehead atoms. The van der Waals surface area contributed by atoms with Crippen LogP contribution in [0.15, 0.2) is 30.6 Å². The van der Waals surface area contributed by atoms with Crippen LogP contribution in [0.4, 0.5) is 0 Å². The number of aromatic nitrogens is 4. The summed E-state index contributed by atoms with van der Waals surface area (Å²) in [4.78, 5) is 19.3. The van der Waals surface area contributed by atoms with Crippen LogP contribution in [0.25, 0.3) is 22.0 Å². The number of carbonyl (C=O) groups is 1. The number of fused-ring (bicyclic) bond motifs is 1. The number of nitrogens with zero attached hydrogens (tertiary/aromatic N) is 4. The summed E-state index contributed by atoms with van der Waals surface area (Å²) in [7, 11) is 0. The van der Waals surface area contributed by atoms with Gasteiger partial charge in [0.15, 0.2) is 0 Å². The normalized spacial score (nSPS) is 12.5. The first-order chi connectivity index (χ1) is 11.0. The average Bonchev–Trinajstić information content (AvgIpc) is 2.85. The maximum atomic E-state index is 11.0. The van der Waals surface area contributed by atoms with Gasteiger partial charge >= 0.3 is 5.97 Å². The van der Waals surface area contributed by atoms with E-state index in [0.717, 1.165) is 16.5 Å². The molecule has 0 aliphatic carbocycles. The van der Waals surface area contributed by atoms with Crippen LogP contribution < -0.4 is 0 Å². The standard InChI is InChI=1S/C16H16N4O3/c1-9(21)16-13-5-11(12-6-17-10(2)18-7-12)3-4-14(13)20(19-16)8-15(22)23/h3-7,9,21H,8H2,1-2H3,(H,22,23). The first kappa shape index (κ1) is 15.1. The molecule has 0 aliphatic rings. The number of carboxylic acid groups (broad SMARTS) is 1. The highest BCUT2D eigenvalue weighted by molar-refractivity contribution is 5.88. The highest BCUT2D eigenvalue weighted by Crippen LogP contribution is 2.28. The van der Waals surface area contributed by atoms with Crippen molar-refractivity contribution in [3.63, 3.8) is 0 Å². The second-order valence-corrected chi connectivity index (χ2v) is 5.36. The van der Waals surface area contributed by atoms with Gasteiger partial charge < -0.3 is 10.2 Å². The number of carboxylic acids is 1. The van der Waals surface area contributed by atoms with Gasteiger partial charge in [0.05, 0.1) is 17.3 Å². The molecule has 7 nitrogen and oxygen atoms in total. The van der Waals surface area contributed by atoms with Crippen molar-refractivity contribution in [2.75, 3.05) is 0 Å². The molecule has 2 N–H and O–H groups in total. The molecule has 2 aromatic heterocycles. The van der Waals surface area contributed by atoms with Crippen LogP contribution >= 0.6 is 0 Å². The summed E-state index contributed by atoms with van der Waals surface area (Å²) in [5.74, 6) is -0.295. The Morgan fingerprint density at radius 3 is 2.57 bits per heavy atom. The molecule has 1 aromatic carbocycles. The fourth-order valence-corrected chi connectivity index (χ4v) is 2.48. The van der Waals surface area contributed by atoms with Gasteiger partial charge in [-0.25, -0.2) is 9.97 Å². The van der Waals surface area contributed by atoms with Crippen molar-refractivity contribution in [1.29, 1.82) is 0 Å². The Morgan fingerprint density at radius 2 is 1.96 bits per heavy atom. The van der Waals surface area contributed by atoms with Gasteiger partial charge in [0.1, 0.15) is 12.4 Å². The number of rotatable bonds is 4. The van der Waals surface area contributed by atoms with Gasteiger partial charge in [0.2, 0.25) is 0 Å². The van der Waals surface area contributed by atoms with E-state index in [-0.39, 0.29) is 6.54 Å². The van der Waals surface area contributed by atoms with E-state index < -0.39 is 12.1 Å². The Kier molecular flexibility index (Phi) is 3.79. The summed E-state index contributed by atoms with van der Waals surface area (Å²) in [5.41, 5.74) is 2.85. The lowest BCUT2D eigenvalue weighted by atomic mass is 10.0. The van der Waals surface area contributed by atoms with E-state index in [1.165, 1.54) is 4.68 Å². The van der Waals surface area contributed by atoms with Gasteiger partial charge in [0.25, 0.3) is 0 Å². The summed E-state index contributed by atoms with van der Waals surface area (Å²) in [6.07, 6.45) is 2.66. The lowest BCUT2D eigenvalue weighted by molar-refractivity contribution is -0.137. The third kappa shape index (κ3) is 2.91. The molecule has 0 saturated carbocycles. The molecule has 1 atom stereocenters. The van der Waals surface area contributed by atoms with Crippen molar-refractivity contribution in [3.8, 4) is 11.1 Å². The van der Waals surface area contributed by atoms with Gasteiger partial charge in [-0.1, -0.05) is 6.07 Å². The van der Waals surface area contributed by atoms with Gasteiger partial charge in [-0.05, 0) is 31.5 Å². The van der Waals surface area contributed by atoms with Crippen molar-refractivity contribution in [1.82, 2.24) is 19.7 Å². The molecular formula is C16H16N4O3. The molecule has 2 heterocycles. The highest BCUT2D eigenvalue weighted by atomic mass is 16.4. The third-order valence-corrected chi connectivity index (χ3v) is 3.57. The van der Waals surface area contributed by atoms with Crippen LogP contribution in [0, 0.1) is 6.92 Å². The topological polar surface area (TPSA) is 101 Å². The number of hydrogen-bond acceptors (Lipinski definition) is 5. The Hall–Kier alpha value is -2.80. The molecule has 3 aromatic rings. The lowest BCUT2D eigenvalue weighted by Gasteiger charge is -2.04. The van der Waals surface area contributed by atoms with Crippen LogP contribution in [0.5, 0.6) is 0 Å². The van der Waals surface area contributed by atoms with Crippen molar-refractivity contribution < 1.29 is 15.0 Å². The predicted molar refractivity (Wildman–Crippen MR) is 83.8 cm³/mol. The van der Waals surface area contributed by atoms with Crippen molar-refractivity contribution in [2.45, 2.75) is 26.5 Å². The molecule has 0 radical (unpaired) electrons. The zero-order valence-electron chi connectivity index (χ0n) is 12.8. The van der Waals surface area contributed by atoms with Gasteiger partial charge in [-0.2, -0.15) is 5.10 Å². The number of hydrogen-bond donors (Lipinski definition) is 2. The average molecular weight is 312 g/mol. The first-order valence-corrected chi connectivity index (χ1v) is 7.15. The maximum absolute atomic E-state index is 11.0. The highest BCUT2D eigenvalue weighted by Gasteiger charge is 2.16. The van der Waals surface area contributed by atoms with E-state index in [2.05, 4.69) is 15.1 Å². The molecule has 0 amide bonds. The zero-order valence-corrected chi connectivity index (χ0v) is 12.8. The largest absolute Gasteiger partial charge is 0.480 e. The Bertz CT molecular complexity index is 869. The first-order valence-electron chi connectivity index (χ1n) is 7.15. The molecule has 3 rings (SSSR count). The summed E-state index contributed by atoms with van der Waals surface area (Å²) >= 11 is 0. The zero-order chi connectivity index (χ0) is 16.6. The number of aliphatic hydroxyl groups is 1. The van der Waals surface area contributed by atoms with E-state index in [1.54, 1.807) is 25.4 Å². The Labute approximate surface area is 132 Å². The molecule has 7 heteroatoms. The van der Waals surface area contributed by atoms with Crippen LogP contribution in [0.1, 0.15) is 24.5 Å². The smallest absolute Gasteiger partial charge is 0.325 e. The lowest BCUT2D eigenvalue weighted by Crippen LogP contribution is -2.10.